The van der Waals surface area contributed by atoms with Gasteiger partial charge in [0.05, 0.1) is 11.4 Å². The molecule has 2 atom stereocenters. The fourth-order valence-electron chi connectivity index (χ4n) is 3.43. The number of amides is 6. The molecule has 2 heterocycles. The summed E-state index contributed by atoms with van der Waals surface area (Å²) < 4.78 is 0. The Morgan fingerprint density at radius 1 is 0.607 bits per heavy atom. The number of urea groups is 2. The summed E-state index contributed by atoms with van der Waals surface area (Å²) in [6, 6.07) is 14.8. The predicted molar refractivity (Wildman–Crippen MR) is 102 cm³/mol. The molecule has 2 aliphatic rings. The normalized spacial score (nSPS) is 21.9. The first-order chi connectivity index (χ1) is 13.6. The van der Waals surface area contributed by atoms with E-state index in [2.05, 4.69) is 10.6 Å². The summed E-state index contributed by atoms with van der Waals surface area (Å²) in [5.74, 6) is -0.735. The van der Waals surface area contributed by atoms with Gasteiger partial charge < -0.3 is 10.6 Å². The molecule has 2 unspecified atom stereocenters. The number of hydrogen-bond acceptors (Lipinski definition) is 4. The van der Waals surface area contributed by atoms with E-state index in [0.29, 0.717) is 11.4 Å². The summed E-state index contributed by atoms with van der Waals surface area (Å²) in [6.45, 7) is 0. The molecule has 4 rings (SSSR count). The third-order valence-electron chi connectivity index (χ3n) is 4.81. The molecule has 0 spiro atoms. The van der Waals surface area contributed by atoms with Crippen molar-refractivity contribution in [1.29, 1.82) is 0 Å². The first kappa shape index (κ1) is 17.7. The van der Waals surface area contributed by atoms with Crippen LogP contribution in [0.15, 0.2) is 60.7 Å². The molecule has 6 amide bonds. The van der Waals surface area contributed by atoms with Crippen LogP contribution in [-0.4, -0.2) is 36.0 Å². The van der Waals surface area contributed by atoms with E-state index in [0.717, 1.165) is 9.80 Å². The molecule has 8 nitrogen and oxygen atoms in total. The number of rotatable bonds is 5. The van der Waals surface area contributed by atoms with Gasteiger partial charge in [0.15, 0.2) is 0 Å². The highest BCUT2D eigenvalue weighted by Crippen LogP contribution is 2.24. The number of hydrogen-bond donors (Lipinski definition) is 2. The standard InChI is InChI=1S/C20H18N4O4/c25-17-15(21-19(27)23(17)13-7-3-1-4-8-13)11-12-16-18(26)24(20(28)22-16)14-9-5-2-6-10-14/h1-10,15-16H,11-12H2,(H,21,27)(H,22,28). The number of anilines is 2. The topological polar surface area (TPSA) is 98.8 Å². The van der Waals surface area contributed by atoms with Gasteiger partial charge in [-0.05, 0) is 37.1 Å². The molecule has 2 aromatic carbocycles. The van der Waals surface area contributed by atoms with Gasteiger partial charge in [-0.2, -0.15) is 0 Å². The molecule has 28 heavy (non-hydrogen) atoms. The second-order valence-corrected chi connectivity index (χ2v) is 6.60. The zero-order chi connectivity index (χ0) is 19.7. The van der Waals surface area contributed by atoms with Gasteiger partial charge in [-0.3, -0.25) is 9.59 Å². The maximum Gasteiger partial charge on any atom is 0.329 e. The Kier molecular flexibility index (Phi) is 4.52. The lowest BCUT2D eigenvalue weighted by Gasteiger charge is -2.14. The monoisotopic (exact) mass is 378 g/mol. The third kappa shape index (κ3) is 3.09. The number of carbonyl (C=O) groups is 4. The maximum atomic E-state index is 12.6. The number of nitrogens with one attached hydrogen (secondary N) is 2. The number of nitrogens with zero attached hydrogens (tertiary/aromatic N) is 2. The molecule has 142 valence electrons. The molecular weight excluding hydrogens is 360 g/mol. The first-order valence-electron chi connectivity index (χ1n) is 8.95. The highest BCUT2D eigenvalue weighted by molar-refractivity contribution is 6.22. The summed E-state index contributed by atoms with van der Waals surface area (Å²) in [4.78, 5) is 51.8. The van der Waals surface area contributed by atoms with E-state index in [9.17, 15) is 19.2 Å². The van der Waals surface area contributed by atoms with Gasteiger partial charge in [0.1, 0.15) is 12.1 Å². The number of benzene rings is 2. The number of imide groups is 2. The van der Waals surface area contributed by atoms with Crippen molar-refractivity contribution in [2.75, 3.05) is 9.80 Å². The Hall–Kier alpha value is -3.68. The average molecular weight is 378 g/mol. The van der Waals surface area contributed by atoms with Crippen LogP contribution in [0, 0.1) is 0 Å². The predicted octanol–water partition coefficient (Wildman–Crippen LogP) is 2.02. The second-order valence-electron chi connectivity index (χ2n) is 6.60. The summed E-state index contributed by atoms with van der Waals surface area (Å²) in [5.41, 5.74) is 0.987. The SMILES string of the molecule is O=C1NC(CCC2NC(=O)N(c3ccccc3)C2=O)C(=O)N1c1ccccc1. The Morgan fingerprint density at radius 2 is 0.964 bits per heavy atom. The van der Waals surface area contributed by atoms with Crippen LogP contribution in [0.25, 0.3) is 0 Å². The lowest BCUT2D eigenvalue weighted by molar-refractivity contribution is -0.120. The minimum Gasteiger partial charge on any atom is -0.325 e. The smallest absolute Gasteiger partial charge is 0.325 e. The van der Waals surface area contributed by atoms with Gasteiger partial charge in [-0.25, -0.2) is 19.4 Å². The van der Waals surface area contributed by atoms with Gasteiger partial charge in [0.2, 0.25) is 0 Å². The summed E-state index contributed by atoms with van der Waals surface area (Å²) in [7, 11) is 0. The molecule has 2 fully saturated rings. The highest BCUT2D eigenvalue weighted by Gasteiger charge is 2.42. The van der Waals surface area contributed by atoms with Crippen molar-refractivity contribution in [3.05, 3.63) is 60.7 Å². The fraction of sp³-hybridized carbons (Fsp3) is 0.200. The quantitative estimate of drug-likeness (QED) is 0.778. The van der Waals surface area contributed by atoms with Crippen molar-refractivity contribution >= 4 is 35.3 Å². The molecule has 2 N–H and O–H groups in total. The van der Waals surface area contributed by atoms with E-state index >= 15 is 0 Å². The van der Waals surface area contributed by atoms with E-state index in [1.165, 1.54) is 0 Å². The van der Waals surface area contributed by atoms with E-state index in [-0.39, 0.29) is 24.7 Å². The molecule has 0 radical (unpaired) electrons. The molecule has 2 aromatic rings. The minimum absolute atomic E-state index is 0.243. The molecule has 2 aliphatic heterocycles. The van der Waals surface area contributed by atoms with Crippen molar-refractivity contribution < 1.29 is 19.2 Å². The van der Waals surface area contributed by atoms with E-state index in [4.69, 9.17) is 0 Å². The lowest BCUT2D eigenvalue weighted by atomic mass is 10.1. The van der Waals surface area contributed by atoms with Gasteiger partial charge in [0.25, 0.3) is 11.8 Å². The van der Waals surface area contributed by atoms with Gasteiger partial charge in [-0.15, -0.1) is 0 Å². The Balaban J connectivity index is 1.41. The van der Waals surface area contributed by atoms with Crippen LogP contribution in [0.4, 0.5) is 21.0 Å². The van der Waals surface area contributed by atoms with Crippen LogP contribution >= 0.6 is 0 Å². The summed E-state index contributed by atoms with van der Waals surface area (Å²) >= 11 is 0. The Bertz CT molecular complexity index is 854. The average Bonchev–Trinajstić information content (AvgIpc) is 3.15. The Labute approximate surface area is 161 Å². The van der Waals surface area contributed by atoms with E-state index in [1.54, 1.807) is 60.7 Å². The van der Waals surface area contributed by atoms with E-state index < -0.39 is 24.1 Å². The largest absolute Gasteiger partial charge is 0.329 e. The van der Waals surface area contributed by atoms with Crippen LogP contribution in [0.5, 0.6) is 0 Å². The van der Waals surface area contributed by atoms with E-state index in [1.807, 2.05) is 0 Å². The molecule has 8 heteroatoms. The minimum atomic E-state index is -0.733. The lowest BCUT2D eigenvalue weighted by Crippen LogP contribution is -2.35. The van der Waals surface area contributed by atoms with Crippen molar-refractivity contribution in [3.8, 4) is 0 Å². The molecule has 0 aromatic heterocycles. The molecule has 2 saturated heterocycles. The molecule has 0 aliphatic carbocycles. The van der Waals surface area contributed by atoms with Crippen LogP contribution in [0.3, 0.4) is 0 Å². The first-order valence-corrected chi connectivity index (χ1v) is 8.95. The fourth-order valence-corrected chi connectivity index (χ4v) is 3.43. The van der Waals surface area contributed by atoms with Crippen LogP contribution in [-0.2, 0) is 9.59 Å². The van der Waals surface area contributed by atoms with Gasteiger partial charge in [-0.1, -0.05) is 36.4 Å². The zero-order valence-corrected chi connectivity index (χ0v) is 14.9. The second kappa shape index (κ2) is 7.15. The van der Waals surface area contributed by atoms with Crippen molar-refractivity contribution in [2.24, 2.45) is 0 Å². The molecule has 0 bridgehead atoms. The van der Waals surface area contributed by atoms with Crippen molar-refractivity contribution in [3.63, 3.8) is 0 Å². The van der Waals surface area contributed by atoms with Crippen LogP contribution < -0.4 is 20.4 Å². The molecule has 0 saturated carbocycles. The molecular formula is C20H18N4O4. The van der Waals surface area contributed by atoms with Crippen molar-refractivity contribution in [2.45, 2.75) is 24.9 Å². The maximum absolute atomic E-state index is 12.6. The zero-order valence-electron chi connectivity index (χ0n) is 14.9. The summed E-state index contributed by atoms with van der Waals surface area (Å²) in [6.07, 6.45) is 0.487. The van der Waals surface area contributed by atoms with Crippen molar-refractivity contribution in [1.82, 2.24) is 10.6 Å². The highest BCUT2D eigenvalue weighted by atomic mass is 16.2. The van der Waals surface area contributed by atoms with Crippen LogP contribution in [0.1, 0.15) is 12.8 Å². The third-order valence-corrected chi connectivity index (χ3v) is 4.81. The Morgan fingerprint density at radius 3 is 1.32 bits per heavy atom. The van der Waals surface area contributed by atoms with Gasteiger partial charge in [0, 0.05) is 0 Å². The van der Waals surface area contributed by atoms with Gasteiger partial charge >= 0.3 is 12.1 Å². The van der Waals surface area contributed by atoms with Crippen LogP contribution in [0.2, 0.25) is 0 Å². The number of para-hydroxylation sites is 2. The summed E-state index contributed by atoms with van der Waals surface area (Å²) in [5, 5.41) is 5.29. The number of carbonyl (C=O) groups excluding carboxylic acids is 4.